The second kappa shape index (κ2) is 9.09. The molecule has 154 valence electrons. The number of rotatable bonds is 6. The van der Waals surface area contributed by atoms with Gasteiger partial charge in [-0.25, -0.2) is 0 Å². The number of pyridine rings is 1. The third-order valence-electron chi connectivity index (χ3n) is 4.92. The lowest BCUT2D eigenvalue weighted by Gasteiger charge is -2.14. The fourth-order valence-corrected chi connectivity index (χ4v) is 3.42. The third kappa shape index (κ3) is 4.70. The minimum atomic E-state index is -0.410. The van der Waals surface area contributed by atoms with Crippen LogP contribution in [-0.2, 0) is 17.9 Å². The first-order chi connectivity index (χ1) is 15.1. The molecule has 2 N–H and O–H groups in total. The summed E-state index contributed by atoms with van der Waals surface area (Å²) < 4.78 is 1.38. The third-order valence-corrected chi connectivity index (χ3v) is 4.92. The number of nitrogens with one attached hydrogen (secondary N) is 2. The van der Waals surface area contributed by atoms with E-state index in [0.717, 1.165) is 5.56 Å². The van der Waals surface area contributed by atoms with Crippen molar-refractivity contribution in [1.29, 1.82) is 0 Å². The van der Waals surface area contributed by atoms with Gasteiger partial charge < -0.3 is 10.6 Å². The van der Waals surface area contributed by atoms with E-state index in [9.17, 15) is 14.4 Å². The van der Waals surface area contributed by atoms with Crippen LogP contribution in [0.1, 0.15) is 15.9 Å². The van der Waals surface area contributed by atoms with Gasteiger partial charge in [-0.15, -0.1) is 0 Å². The highest BCUT2D eigenvalue weighted by molar-refractivity contribution is 6.06. The predicted octanol–water partition coefficient (Wildman–Crippen LogP) is 3.57. The van der Waals surface area contributed by atoms with E-state index in [1.54, 1.807) is 36.4 Å². The van der Waals surface area contributed by atoms with Crippen LogP contribution in [0.2, 0.25) is 0 Å². The van der Waals surface area contributed by atoms with Crippen LogP contribution in [-0.4, -0.2) is 16.4 Å². The maximum atomic E-state index is 12.8. The topological polar surface area (TPSA) is 80.2 Å². The molecule has 2 amide bonds. The number of carbonyl (C=O) groups is 2. The number of nitrogens with zero attached hydrogens (tertiary/aromatic N) is 1. The van der Waals surface area contributed by atoms with Crippen LogP contribution in [0.5, 0.6) is 0 Å². The minimum Gasteiger partial charge on any atom is -0.348 e. The van der Waals surface area contributed by atoms with Crippen molar-refractivity contribution >= 4 is 28.4 Å². The van der Waals surface area contributed by atoms with Gasteiger partial charge in [0.15, 0.2) is 0 Å². The summed E-state index contributed by atoms with van der Waals surface area (Å²) in [5, 5.41) is 6.25. The Labute approximate surface area is 179 Å². The quantitative estimate of drug-likeness (QED) is 0.509. The molecule has 0 aliphatic rings. The summed E-state index contributed by atoms with van der Waals surface area (Å²) in [6.45, 7) is 0.205. The number of carbonyl (C=O) groups excluding carboxylic acids is 2. The number of aromatic nitrogens is 1. The van der Waals surface area contributed by atoms with Gasteiger partial charge in [-0.2, -0.15) is 0 Å². The molecule has 0 fully saturated rings. The Kier molecular flexibility index (Phi) is 5.89. The summed E-state index contributed by atoms with van der Waals surface area (Å²) >= 11 is 0. The van der Waals surface area contributed by atoms with Crippen LogP contribution in [0.4, 0.5) is 5.69 Å². The van der Waals surface area contributed by atoms with Gasteiger partial charge >= 0.3 is 0 Å². The van der Waals surface area contributed by atoms with Crippen molar-refractivity contribution < 1.29 is 9.59 Å². The van der Waals surface area contributed by atoms with Crippen molar-refractivity contribution in [2.75, 3.05) is 5.32 Å². The van der Waals surface area contributed by atoms with E-state index in [0.29, 0.717) is 23.1 Å². The van der Waals surface area contributed by atoms with E-state index in [-0.39, 0.29) is 23.9 Å². The Morgan fingerprint density at radius 1 is 0.806 bits per heavy atom. The fourth-order valence-electron chi connectivity index (χ4n) is 3.42. The zero-order chi connectivity index (χ0) is 21.6. The molecule has 1 heterocycles. The number of fused-ring (bicyclic) bond motifs is 1. The van der Waals surface area contributed by atoms with Crippen LogP contribution >= 0.6 is 0 Å². The second-order valence-electron chi connectivity index (χ2n) is 7.08. The van der Waals surface area contributed by atoms with E-state index >= 15 is 0 Å². The van der Waals surface area contributed by atoms with E-state index in [1.807, 2.05) is 48.5 Å². The zero-order valence-electron chi connectivity index (χ0n) is 16.7. The van der Waals surface area contributed by atoms with Gasteiger partial charge in [0, 0.05) is 23.7 Å². The van der Waals surface area contributed by atoms with E-state index in [2.05, 4.69) is 10.6 Å². The van der Waals surface area contributed by atoms with Crippen LogP contribution in [0.3, 0.4) is 0 Å². The van der Waals surface area contributed by atoms with E-state index in [4.69, 9.17) is 0 Å². The summed E-state index contributed by atoms with van der Waals surface area (Å²) in [6, 6.07) is 27.0. The van der Waals surface area contributed by atoms with Gasteiger partial charge in [-0.1, -0.05) is 66.7 Å². The van der Waals surface area contributed by atoms with Crippen molar-refractivity contribution in [3.8, 4) is 0 Å². The lowest BCUT2D eigenvalue weighted by molar-refractivity contribution is -0.116. The van der Waals surface area contributed by atoms with Crippen LogP contribution in [0.25, 0.3) is 10.9 Å². The summed E-state index contributed by atoms with van der Waals surface area (Å²) in [5.74, 6) is -0.655. The van der Waals surface area contributed by atoms with Gasteiger partial charge in [0.25, 0.3) is 11.5 Å². The van der Waals surface area contributed by atoms with Crippen molar-refractivity contribution in [2.45, 2.75) is 13.1 Å². The largest absolute Gasteiger partial charge is 0.348 e. The average Bonchev–Trinajstić information content (AvgIpc) is 2.80. The zero-order valence-corrected chi connectivity index (χ0v) is 16.7. The molecule has 0 spiro atoms. The molecule has 0 saturated carbocycles. The van der Waals surface area contributed by atoms with Crippen molar-refractivity contribution in [3.05, 3.63) is 112 Å². The SMILES string of the molecule is O=C(Cn1c(=O)cc(C(=O)NCc2ccccc2)c2ccccc21)Nc1ccccc1. The highest BCUT2D eigenvalue weighted by atomic mass is 16.2. The molecule has 0 aliphatic heterocycles. The molecule has 6 nitrogen and oxygen atoms in total. The Morgan fingerprint density at radius 2 is 1.45 bits per heavy atom. The molecular formula is C25H21N3O3. The molecule has 4 aromatic rings. The molecule has 0 atom stereocenters. The molecule has 6 heteroatoms. The number of anilines is 1. The summed E-state index contributed by atoms with van der Waals surface area (Å²) in [4.78, 5) is 38.1. The average molecular weight is 411 g/mol. The Morgan fingerprint density at radius 3 is 2.19 bits per heavy atom. The first-order valence-corrected chi connectivity index (χ1v) is 9.91. The molecule has 0 bridgehead atoms. The Hall–Kier alpha value is -4.19. The molecule has 4 rings (SSSR count). The number of hydrogen-bond donors (Lipinski definition) is 2. The van der Waals surface area contributed by atoms with Gasteiger partial charge in [-0.3, -0.25) is 19.0 Å². The minimum absolute atomic E-state index is 0.153. The molecule has 31 heavy (non-hydrogen) atoms. The van der Waals surface area contributed by atoms with Crippen molar-refractivity contribution in [3.63, 3.8) is 0 Å². The molecular weight excluding hydrogens is 390 g/mol. The smallest absolute Gasteiger partial charge is 0.252 e. The maximum absolute atomic E-state index is 12.8. The number of amides is 2. The lowest BCUT2D eigenvalue weighted by Crippen LogP contribution is -2.30. The number of hydrogen-bond acceptors (Lipinski definition) is 3. The van der Waals surface area contributed by atoms with E-state index in [1.165, 1.54) is 10.6 Å². The highest BCUT2D eigenvalue weighted by Gasteiger charge is 2.16. The molecule has 0 radical (unpaired) electrons. The molecule has 0 unspecified atom stereocenters. The van der Waals surface area contributed by atoms with Gasteiger partial charge in [-0.05, 0) is 23.8 Å². The predicted molar refractivity (Wildman–Crippen MR) is 121 cm³/mol. The van der Waals surface area contributed by atoms with Crippen molar-refractivity contribution in [2.24, 2.45) is 0 Å². The molecule has 3 aromatic carbocycles. The lowest BCUT2D eigenvalue weighted by atomic mass is 10.1. The van der Waals surface area contributed by atoms with E-state index < -0.39 is 5.56 Å². The standard InChI is InChI=1S/C25H21N3O3/c29-23(27-19-11-5-2-6-12-19)17-28-22-14-8-7-13-20(22)21(15-24(28)30)25(31)26-16-18-9-3-1-4-10-18/h1-15H,16-17H2,(H,26,31)(H,27,29). The van der Waals surface area contributed by atoms with Crippen molar-refractivity contribution in [1.82, 2.24) is 9.88 Å². The number of benzene rings is 3. The van der Waals surface area contributed by atoms with Gasteiger partial charge in [0.2, 0.25) is 5.91 Å². The second-order valence-corrected chi connectivity index (χ2v) is 7.08. The Balaban J connectivity index is 1.60. The first-order valence-electron chi connectivity index (χ1n) is 9.91. The summed E-state index contributed by atoms with van der Waals surface area (Å²) in [5.41, 5.74) is 2.03. The molecule has 0 aliphatic carbocycles. The summed E-state index contributed by atoms with van der Waals surface area (Å²) in [6.07, 6.45) is 0. The Bertz CT molecular complexity index is 1280. The maximum Gasteiger partial charge on any atom is 0.252 e. The molecule has 0 saturated heterocycles. The van der Waals surface area contributed by atoms with Crippen LogP contribution < -0.4 is 16.2 Å². The van der Waals surface area contributed by atoms with Crippen LogP contribution in [0.15, 0.2) is 95.8 Å². The van der Waals surface area contributed by atoms with Gasteiger partial charge in [0.1, 0.15) is 6.54 Å². The van der Waals surface area contributed by atoms with Crippen LogP contribution in [0, 0.1) is 0 Å². The number of para-hydroxylation sites is 2. The first kappa shape index (κ1) is 20.1. The monoisotopic (exact) mass is 411 g/mol. The van der Waals surface area contributed by atoms with Gasteiger partial charge in [0.05, 0.1) is 11.1 Å². The fraction of sp³-hybridized carbons (Fsp3) is 0.0800. The normalized spacial score (nSPS) is 10.6. The highest BCUT2D eigenvalue weighted by Crippen LogP contribution is 2.17. The molecule has 1 aromatic heterocycles. The summed E-state index contributed by atoms with van der Waals surface area (Å²) in [7, 11) is 0.